The first-order valence-electron chi connectivity index (χ1n) is 7.34. The molecule has 22 heavy (non-hydrogen) atoms. The third kappa shape index (κ3) is 4.56. The van der Waals surface area contributed by atoms with Crippen molar-refractivity contribution < 1.29 is 4.79 Å². The number of anilines is 2. The van der Waals surface area contributed by atoms with E-state index in [4.69, 9.17) is 0 Å². The van der Waals surface area contributed by atoms with Gasteiger partial charge in [0.2, 0.25) is 0 Å². The monoisotopic (exact) mass is 361 g/mol. The minimum atomic E-state index is -0.0394. The van der Waals surface area contributed by atoms with Gasteiger partial charge in [0.25, 0.3) is 5.91 Å². The minimum absolute atomic E-state index is 0.0394. The van der Waals surface area contributed by atoms with Gasteiger partial charge in [0.05, 0.1) is 11.9 Å². The van der Waals surface area contributed by atoms with E-state index < -0.39 is 0 Å². The number of nitrogens with one attached hydrogen (secondary N) is 1. The lowest BCUT2D eigenvalue weighted by atomic mass is 10.2. The highest BCUT2D eigenvalue weighted by Crippen LogP contribution is 2.20. The summed E-state index contributed by atoms with van der Waals surface area (Å²) in [4.78, 5) is 18.2. The standard InChI is InChI=1S/C17H20BrN3O/c1-3-4-10-21(2)17(22)16-9-8-15(12-19-16)20-14-7-5-6-13(18)11-14/h5-9,11-12,20H,3-4,10H2,1-2H3. The van der Waals surface area contributed by atoms with Crippen molar-refractivity contribution in [3.63, 3.8) is 0 Å². The molecular weight excluding hydrogens is 342 g/mol. The van der Waals surface area contributed by atoms with Crippen molar-refractivity contribution in [1.82, 2.24) is 9.88 Å². The maximum atomic E-state index is 12.2. The van der Waals surface area contributed by atoms with E-state index in [1.807, 2.05) is 37.4 Å². The quantitative estimate of drug-likeness (QED) is 0.825. The number of nitrogens with zero attached hydrogens (tertiary/aromatic N) is 2. The Balaban J connectivity index is 2.02. The van der Waals surface area contributed by atoms with E-state index in [1.165, 1.54) is 0 Å². The third-order valence-corrected chi connectivity index (χ3v) is 3.78. The highest BCUT2D eigenvalue weighted by molar-refractivity contribution is 9.10. The molecule has 0 radical (unpaired) electrons. The first-order chi connectivity index (χ1) is 10.6. The van der Waals surface area contributed by atoms with E-state index in [-0.39, 0.29) is 5.91 Å². The van der Waals surface area contributed by atoms with Gasteiger partial charge in [-0.3, -0.25) is 4.79 Å². The maximum Gasteiger partial charge on any atom is 0.272 e. The number of rotatable bonds is 6. The van der Waals surface area contributed by atoms with Crippen molar-refractivity contribution >= 4 is 33.2 Å². The Kier molecular flexibility index (Phi) is 5.95. The van der Waals surface area contributed by atoms with Gasteiger partial charge in [0.1, 0.15) is 5.69 Å². The van der Waals surface area contributed by atoms with Gasteiger partial charge in [-0.2, -0.15) is 0 Å². The number of benzene rings is 1. The van der Waals surface area contributed by atoms with Crippen LogP contribution in [0.15, 0.2) is 47.1 Å². The van der Waals surface area contributed by atoms with Gasteiger partial charge >= 0.3 is 0 Å². The van der Waals surface area contributed by atoms with Crippen LogP contribution >= 0.6 is 15.9 Å². The number of unbranched alkanes of at least 4 members (excludes halogenated alkanes) is 1. The normalized spacial score (nSPS) is 10.3. The number of amides is 1. The molecule has 116 valence electrons. The van der Waals surface area contributed by atoms with E-state index in [1.54, 1.807) is 17.2 Å². The Morgan fingerprint density at radius 2 is 2.09 bits per heavy atom. The van der Waals surface area contributed by atoms with E-state index >= 15 is 0 Å². The van der Waals surface area contributed by atoms with E-state index in [0.717, 1.165) is 35.2 Å². The summed E-state index contributed by atoms with van der Waals surface area (Å²) in [5, 5.41) is 3.26. The van der Waals surface area contributed by atoms with E-state index in [2.05, 4.69) is 33.2 Å². The van der Waals surface area contributed by atoms with Gasteiger partial charge < -0.3 is 10.2 Å². The van der Waals surface area contributed by atoms with Crippen molar-refractivity contribution in [2.45, 2.75) is 19.8 Å². The SMILES string of the molecule is CCCCN(C)C(=O)c1ccc(Nc2cccc(Br)c2)cn1. The Hall–Kier alpha value is -1.88. The van der Waals surface area contributed by atoms with Crippen LogP contribution in [0.1, 0.15) is 30.3 Å². The van der Waals surface area contributed by atoms with Crippen LogP contribution in [-0.2, 0) is 0 Å². The molecule has 4 nitrogen and oxygen atoms in total. The van der Waals surface area contributed by atoms with Gasteiger partial charge in [-0.1, -0.05) is 35.3 Å². The summed E-state index contributed by atoms with van der Waals surface area (Å²) in [6.45, 7) is 2.87. The van der Waals surface area contributed by atoms with Crippen LogP contribution in [0.5, 0.6) is 0 Å². The second-order valence-corrected chi connectivity index (χ2v) is 6.06. The maximum absolute atomic E-state index is 12.2. The Morgan fingerprint density at radius 3 is 2.73 bits per heavy atom. The first-order valence-corrected chi connectivity index (χ1v) is 8.13. The average molecular weight is 362 g/mol. The number of hydrogen-bond donors (Lipinski definition) is 1. The molecule has 1 aromatic carbocycles. The fourth-order valence-corrected chi connectivity index (χ4v) is 2.42. The van der Waals surface area contributed by atoms with Gasteiger partial charge in [0, 0.05) is 23.8 Å². The Bertz CT molecular complexity index is 628. The number of halogens is 1. The van der Waals surface area contributed by atoms with Crippen molar-refractivity contribution in [3.8, 4) is 0 Å². The molecule has 0 atom stereocenters. The van der Waals surface area contributed by atoms with Gasteiger partial charge in [-0.15, -0.1) is 0 Å². The summed E-state index contributed by atoms with van der Waals surface area (Å²) in [7, 11) is 1.81. The predicted octanol–water partition coefficient (Wildman–Crippen LogP) is 4.46. The summed E-state index contributed by atoms with van der Waals surface area (Å²) in [5.74, 6) is -0.0394. The highest BCUT2D eigenvalue weighted by atomic mass is 79.9. The molecule has 0 aliphatic rings. The Labute approximate surface area is 139 Å². The molecule has 0 saturated carbocycles. The number of hydrogen-bond acceptors (Lipinski definition) is 3. The summed E-state index contributed by atoms with van der Waals surface area (Å²) < 4.78 is 1.01. The van der Waals surface area contributed by atoms with Crippen LogP contribution < -0.4 is 5.32 Å². The predicted molar refractivity (Wildman–Crippen MR) is 93.5 cm³/mol. The topological polar surface area (TPSA) is 45.2 Å². The largest absolute Gasteiger partial charge is 0.354 e. The van der Waals surface area contributed by atoms with Gasteiger partial charge in [0.15, 0.2) is 0 Å². The van der Waals surface area contributed by atoms with Crippen molar-refractivity contribution in [3.05, 3.63) is 52.8 Å². The molecule has 0 aliphatic heterocycles. The minimum Gasteiger partial charge on any atom is -0.354 e. The summed E-state index contributed by atoms with van der Waals surface area (Å²) in [5.41, 5.74) is 2.29. The third-order valence-electron chi connectivity index (χ3n) is 3.29. The number of aromatic nitrogens is 1. The molecule has 1 amide bonds. The molecule has 2 aromatic rings. The molecule has 0 fully saturated rings. The van der Waals surface area contributed by atoms with Crippen LogP contribution in [0, 0.1) is 0 Å². The smallest absolute Gasteiger partial charge is 0.272 e. The molecule has 1 heterocycles. The van der Waals surface area contributed by atoms with Crippen LogP contribution in [0.25, 0.3) is 0 Å². The zero-order valence-electron chi connectivity index (χ0n) is 12.8. The average Bonchev–Trinajstić information content (AvgIpc) is 2.52. The molecule has 0 saturated heterocycles. The lowest BCUT2D eigenvalue weighted by Crippen LogP contribution is -2.28. The summed E-state index contributed by atoms with van der Waals surface area (Å²) >= 11 is 3.44. The van der Waals surface area contributed by atoms with Crippen molar-refractivity contribution in [2.24, 2.45) is 0 Å². The lowest BCUT2D eigenvalue weighted by molar-refractivity contribution is 0.0787. The molecule has 0 aliphatic carbocycles. The second kappa shape index (κ2) is 7.94. The lowest BCUT2D eigenvalue weighted by Gasteiger charge is -2.16. The zero-order chi connectivity index (χ0) is 15.9. The molecule has 0 unspecified atom stereocenters. The highest BCUT2D eigenvalue weighted by Gasteiger charge is 2.12. The zero-order valence-corrected chi connectivity index (χ0v) is 14.4. The summed E-state index contributed by atoms with van der Waals surface area (Å²) in [6.07, 6.45) is 3.76. The van der Waals surface area contributed by atoms with E-state index in [0.29, 0.717) is 5.69 Å². The van der Waals surface area contributed by atoms with Crippen LogP contribution in [0.4, 0.5) is 11.4 Å². The van der Waals surface area contributed by atoms with E-state index in [9.17, 15) is 4.79 Å². The van der Waals surface area contributed by atoms with Crippen LogP contribution in [0.3, 0.4) is 0 Å². The number of carbonyl (C=O) groups excluding carboxylic acids is 1. The fraction of sp³-hybridized carbons (Fsp3) is 0.294. The van der Waals surface area contributed by atoms with Crippen LogP contribution in [-0.4, -0.2) is 29.4 Å². The van der Waals surface area contributed by atoms with Crippen molar-refractivity contribution in [2.75, 3.05) is 18.9 Å². The van der Waals surface area contributed by atoms with Crippen LogP contribution in [0.2, 0.25) is 0 Å². The fourth-order valence-electron chi connectivity index (χ4n) is 2.02. The van der Waals surface area contributed by atoms with Crippen molar-refractivity contribution in [1.29, 1.82) is 0 Å². The molecule has 5 heteroatoms. The molecule has 2 rings (SSSR count). The summed E-state index contributed by atoms with van der Waals surface area (Å²) in [6, 6.07) is 11.5. The molecule has 1 N–H and O–H groups in total. The molecular formula is C17H20BrN3O. The number of pyridine rings is 1. The first kappa shape index (κ1) is 16.5. The number of carbonyl (C=O) groups is 1. The Morgan fingerprint density at radius 1 is 1.27 bits per heavy atom. The van der Waals surface area contributed by atoms with Gasteiger partial charge in [-0.25, -0.2) is 4.98 Å². The molecule has 0 bridgehead atoms. The second-order valence-electron chi connectivity index (χ2n) is 5.15. The molecule has 1 aromatic heterocycles. The molecule has 0 spiro atoms. The van der Waals surface area contributed by atoms with Gasteiger partial charge in [-0.05, 0) is 36.8 Å².